The highest BCUT2D eigenvalue weighted by Gasteiger charge is 2.29. The Morgan fingerprint density at radius 3 is 2.48 bits per heavy atom. The summed E-state index contributed by atoms with van der Waals surface area (Å²) in [7, 11) is -2.55. The fraction of sp³-hybridized carbons (Fsp3) is 0.0952. The van der Waals surface area contributed by atoms with Gasteiger partial charge in [-0.2, -0.15) is 0 Å². The van der Waals surface area contributed by atoms with E-state index >= 15 is 0 Å². The Morgan fingerprint density at radius 1 is 1.03 bits per heavy atom. The van der Waals surface area contributed by atoms with E-state index in [2.05, 4.69) is 5.32 Å². The number of fused-ring (bicyclic) bond motifs is 1. The average Bonchev–Trinajstić information content (AvgIpc) is 3.07. The van der Waals surface area contributed by atoms with Gasteiger partial charge in [-0.15, -0.1) is 0 Å². The summed E-state index contributed by atoms with van der Waals surface area (Å²) in [6, 6.07) is 18.9. The molecule has 1 aliphatic rings. The van der Waals surface area contributed by atoms with E-state index < -0.39 is 10.0 Å². The van der Waals surface area contributed by atoms with Crippen molar-refractivity contribution >= 4 is 38.9 Å². The molecule has 29 heavy (non-hydrogen) atoms. The highest BCUT2D eigenvalue weighted by atomic mass is 35.5. The lowest BCUT2D eigenvalue weighted by atomic mass is 10.2. The maximum Gasteiger partial charge on any atom is 0.265 e. The van der Waals surface area contributed by atoms with Crippen LogP contribution in [0.4, 0.5) is 11.4 Å². The largest absolute Gasteiger partial charge is 0.455 e. The molecule has 0 aromatic heterocycles. The first-order chi connectivity index (χ1) is 13.9. The Labute approximate surface area is 173 Å². The summed E-state index contributed by atoms with van der Waals surface area (Å²) in [5, 5.41) is 2.70. The molecule has 0 bridgehead atoms. The molecule has 0 unspecified atom stereocenters. The van der Waals surface area contributed by atoms with Crippen LogP contribution >= 0.6 is 11.6 Å². The third-order valence-corrected chi connectivity index (χ3v) is 6.83. The molecule has 0 fully saturated rings. The van der Waals surface area contributed by atoms with E-state index in [0.29, 0.717) is 28.4 Å². The zero-order valence-corrected chi connectivity index (χ0v) is 17.0. The summed E-state index contributed by atoms with van der Waals surface area (Å²) >= 11 is 6.25. The van der Waals surface area contributed by atoms with Gasteiger partial charge in [0.05, 0.1) is 17.1 Å². The molecule has 0 aliphatic carbocycles. The lowest BCUT2D eigenvalue weighted by Crippen LogP contribution is -2.27. The van der Waals surface area contributed by atoms with Crippen molar-refractivity contribution in [2.45, 2.75) is 11.3 Å². The number of ether oxygens (including phenoxy) is 1. The van der Waals surface area contributed by atoms with Gasteiger partial charge < -0.3 is 10.1 Å². The minimum atomic E-state index is -3.99. The SMILES string of the molecule is CN(c1ccccc1Oc1ccccc1)S(=O)(=O)c1cc2c(cc1Cl)NC(=O)C2. The van der Waals surface area contributed by atoms with Crippen molar-refractivity contribution in [3.05, 3.63) is 77.3 Å². The van der Waals surface area contributed by atoms with Gasteiger partial charge in [0, 0.05) is 12.7 Å². The van der Waals surface area contributed by atoms with Crippen LogP contribution in [0.1, 0.15) is 5.56 Å². The summed E-state index contributed by atoms with van der Waals surface area (Å²) < 4.78 is 33.7. The second-order valence-corrected chi connectivity index (χ2v) is 8.86. The van der Waals surface area contributed by atoms with Crippen molar-refractivity contribution in [1.82, 2.24) is 0 Å². The number of nitrogens with one attached hydrogen (secondary N) is 1. The molecule has 1 N–H and O–H groups in total. The van der Waals surface area contributed by atoms with Gasteiger partial charge in [-0.1, -0.05) is 41.9 Å². The smallest absolute Gasteiger partial charge is 0.265 e. The molecular formula is C21H17ClN2O4S. The number of rotatable bonds is 5. The van der Waals surface area contributed by atoms with Gasteiger partial charge >= 0.3 is 0 Å². The van der Waals surface area contributed by atoms with Crippen LogP contribution < -0.4 is 14.4 Å². The molecule has 0 atom stereocenters. The van der Waals surface area contributed by atoms with E-state index in [1.54, 1.807) is 36.4 Å². The molecule has 1 heterocycles. The van der Waals surface area contributed by atoms with Gasteiger partial charge in [0.1, 0.15) is 10.6 Å². The monoisotopic (exact) mass is 428 g/mol. The minimum Gasteiger partial charge on any atom is -0.455 e. The molecular weight excluding hydrogens is 412 g/mol. The molecule has 148 valence electrons. The van der Waals surface area contributed by atoms with E-state index in [9.17, 15) is 13.2 Å². The second-order valence-electron chi connectivity index (χ2n) is 6.52. The van der Waals surface area contributed by atoms with Crippen molar-refractivity contribution in [2.24, 2.45) is 0 Å². The Balaban J connectivity index is 1.73. The molecule has 0 spiro atoms. The van der Waals surface area contributed by atoms with Crippen LogP contribution in [-0.2, 0) is 21.2 Å². The van der Waals surface area contributed by atoms with Gasteiger partial charge in [-0.3, -0.25) is 9.10 Å². The van der Waals surface area contributed by atoms with Crippen molar-refractivity contribution in [3.63, 3.8) is 0 Å². The van der Waals surface area contributed by atoms with E-state index in [0.717, 1.165) is 4.31 Å². The first kappa shape index (κ1) is 19.3. The first-order valence-corrected chi connectivity index (χ1v) is 10.6. The molecule has 4 rings (SSSR count). The topological polar surface area (TPSA) is 75.7 Å². The first-order valence-electron chi connectivity index (χ1n) is 8.79. The fourth-order valence-corrected chi connectivity index (χ4v) is 4.88. The number of benzene rings is 3. The van der Waals surface area contributed by atoms with Crippen LogP contribution in [0.3, 0.4) is 0 Å². The molecule has 3 aromatic carbocycles. The van der Waals surface area contributed by atoms with E-state index in [-0.39, 0.29) is 22.2 Å². The standard InChI is InChI=1S/C21H17ClN2O4S/c1-24(18-9-5-6-10-19(18)28-15-7-3-2-4-8-15)29(26,27)20-11-14-12-21(25)23-17(14)13-16(20)22/h2-11,13H,12H2,1H3,(H,23,25). The van der Waals surface area contributed by atoms with Crippen LogP contribution in [0.15, 0.2) is 71.6 Å². The predicted molar refractivity (Wildman–Crippen MR) is 112 cm³/mol. The normalized spacial score (nSPS) is 13.0. The fourth-order valence-electron chi connectivity index (χ4n) is 3.12. The number of hydrogen-bond acceptors (Lipinski definition) is 4. The van der Waals surface area contributed by atoms with Crippen molar-refractivity contribution in [3.8, 4) is 11.5 Å². The van der Waals surface area contributed by atoms with Gasteiger partial charge in [-0.05, 0) is 42.0 Å². The quantitative estimate of drug-likeness (QED) is 0.651. The zero-order valence-electron chi connectivity index (χ0n) is 15.4. The van der Waals surface area contributed by atoms with Crippen LogP contribution in [-0.4, -0.2) is 21.4 Å². The third-order valence-electron chi connectivity index (χ3n) is 4.60. The number of anilines is 2. The molecule has 6 nitrogen and oxygen atoms in total. The number of carbonyl (C=O) groups is 1. The van der Waals surface area contributed by atoms with Crippen molar-refractivity contribution in [1.29, 1.82) is 0 Å². The lowest BCUT2D eigenvalue weighted by molar-refractivity contribution is -0.115. The third kappa shape index (κ3) is 3.66. The number of carbonyl (C=O) groups excluding carboxylic acids is 1. The second kappa shape index (κ2) is 7.42. The molecule has 1 amide bonds. The van der Waals surface area contributed by atoms with Gasteiger partial charge in [0.2, 0.25) is 5.91 Å². The average molecular weight is 429 g/mol. The summed E-state index contributed by atoms with van der Waals surface area (Å²) in [4.78, 5) is 11.6. The number of sulfonamides is 1. The summed E-state index contributed by atoms with van der Waals surface area (Å²) in [6.07, 6.45) is 0.118. The van der Waals surface area contributed by atoms with Crippen molar-refractivity contribution in [2.75, 3.05) is 16.7 Å². The maximum atomic E-state index is 13.3. The van der Waals surface area contributed by atoms with Crippen LogP contribution in [0.2, 0.25) is 5.02 Å². The van der Waals surface area contributed by atoms with Crippen molar-refractivity contribution < 1.29 is 17.9 Å². The molecule has 3 aromatic rings. The summed E-state index contributed by atoms with van der Waals surface area (Å²) in [5.74, 6) is 0.783. The number of nitrogens with zero attached hydrogens (tertiary/aromatic N) is 1. The maximum absolute atomic E-state index is 13.3. The molecule has 1 aliphatic heterocycles. The molecule has 0 saturated heterocycles. The van der Waals surface area contributed by atoms with Gasteiger partial charge in [0.25, 0.3) is 10.0 Å². The minimum absolute atomic E-state index is 0.0410. The predicted octanol–water partition coefficient (Wildman–Crippen LogP) is 4.45. The Hall–Kier alpha value is -3.03. The van der Waals surface area contributed by atoms with E-state index in [1.807, 2.05) is 18.2 Å². The van der Waals surface area contributed by atoms with Crippen LogP contribution in [0.25, 0.3) is 0 Å². The van der Waals surface area contributed by atoms with Crippen LogP contribution in [0, 0.1) is 0 Å². The molecule has 0 radical (unpaired) electrons. The summed E-state index contributed by atoms with van der Waals surface area (Å²) in [6.45, 7) is 0. The zero-order chi connectivity index (χ0) is 20.6. The number of amides is 1. The van der Waals surface area contributed by atoms with E-state index in [4.69, 9.17) is 16.3 Å². The Morgan fingerprint density at radius 2 is 1.72 bits per heavy atom. The Bertz CT molecular complexity index is 1200. The number of para-hydroxylation sites is 3. The van der Waals surface area contributed by atoms with E-state index in [1.165, 1.54) is 19.2 Å². The lowest BCUT2D eigenvalue weighted by Gasteiger charge is -2.23. The highest BCUT2D eigenvalue weighted by molar-refractivity contribution is 7.93. The highest BCUT2D eigenvalue weighted by Crippen LogP contribution is 2.38. The van der Waals surface area contributed by atoms with Crippen LogP contribution in [0.5, 0.6) is 11.5 Å². The summed E-state index contributed by atoms with van der Waals surface area (Å²) in [5.41, 5.74) is 1.50. The number of halogens is 1. The van der Waals surface area contributed by atoms with Gasteiger partial charge in [0.15, 0.2) is 5.75 Å². The number of hydrogen-bond donors (Lipinski definition) is 1. The van der Waals surface area contributed by atoms with Gasteiger partial charge in [-0.25, -0.2) is 8.42 Å². The molecule has 8 heteroatoms. The molecule has 0 saturated carbocycles. The Kier molecular flexibility index (Phi) is 4.94.